The summed E-state index contributed by atoms with van der Waals surface area (Å²) in [7, 11) is 0. The van der Waals surface area contributed by atoms with Crippen molar-refractivity contribution >= 4 is 34.7 Å². The number of aromatic nitrogens is 1. The minimum Gasteiger partial charge on any atom is -0.315 e. The lowest BCUT2D eigenvalue weighted by atomic mass is 10.5. The monoisotopic (exact) mass is 249 g/mol. The van der Waals surface area contributed by atoms with Gasteiger partial charge >= 0.3 is 0 Å². The van der Waals surface area contributed by atoms with Gasteiger partial charge in [-0.3, -0.25) is 4.79 Å². The van der Waals surface area contributed by atoms with E-state index in [4.69, 9.17) is 0 Å². The van der Waals surface area contributed by atoms with Gasteiger partial charge < -0.3 is 10.6 Å². The van der Waals surface area contributed by atoms with Crippen LogP contribution in [0.25, 0.3) is 0 Å². The minimum absolute atomic E-state index is 0. The van der Waals surface area contributed by atoms with Crippen molar-refractivity contribution < 1.29 is 4.79 Å². The third-order valence-corrected chi connectivity index (χ3v) is 2.68. The van der Waals surface area contributed by atoms with Crippen LogP contribution < -0.4 is 10.6 Å². The summed E-state index contributed by atoms with van der Waals surface area (Å²) < 4.78 is 0. The zero-order valence-electron chi connectivity index (χ0n) is 9.09. The quantitative estimate of drug-likeness (QED) is 0.855. The highest BCUT2D eigenvalue weighted by Gasteiger charge is 2.07. The van der Waals surface area contributed by atoms with Crippen LogP contribution in [0.2, 0.25) is 0 Å². The molecule has 2 N–H and O–H groups in total. The SMILES string of the molecule is CCNCC(=O)Nc1sc(C)nc1C.Cl. The Morgan fingerprint density at radius 3 is 2.60 bits per heavy atom. The van der Waals surface area contributed by atoms with Gasteiger partial charge in [-0.1, -0.05) is 6.92 Å². The van der Waals surface area contributed by atoms with Gasteiger partial charge in [-0.2, -0.15) is 0 Å². The molecular weight excluding hydrogens is 234 g/mol. The predicted octanol–water partition coefficient (Wildman–Crippen LogP) is 1.73. The average Bonchev–Trinajstić information content (AvgIpc) is 2.42. The molecule has 4 nitrogen and oxygen atoms in total. The topological polar surface area (TPSA) is 54.0 Å². The van der Waals surface area contributed by atoms with Gasteiger partial charge in [0.05, 0.1) is 17.2 Å². The zero-order chi connectivity index (χ0) is 10.6. The van der Waals surface area contributed by atoms with Gasteiger partial charge in [-0.15, -0.1) is 23.7 Å². The lowest BCUT2D eigenvalue weighted by Gasteiger charge is -2.02. The second-order valence-electron chi connectivity index (χ2n) is 2.98. The van der Waals surface area contributed by atoms with Crippen molar-refractivity contribution in [3.63, 3.8) is 0 Å². The smallest absolute Gasteiger partial charge is 0.238 e. The van der Waals surface area contributed by atoms with Gasteiger partial charge in [0.1, 0.15) is 5.00 Å². The molecule has 0 radical (unpaired) electrons. The first-order chi connectivity index (χ1) is 6.63. The molecule has 0 unspecified atom stereocenters. The van der Waals surface area contributed by atoms with Gasteiger partial charge in [-0.25, -0.2) is 4.98 Å². The summed E-state index contributed by atoms with van der Waals surface area (Å²) in [5.41, 5.74) is 0.886. The Hall–Kier alpha value is -0.650. The molecule has 0 aliphatic rings. The Balaban J connectivity index is 0.00000196. The summed E-state index contributed by atoms with van der Waals surface area (Å²) in [5.74, 6) is -0.0152. The zero-order valence-corrected chi connectivity index (χ0v) is 10.7. The number of anilines is 1. The van der Waals surface area contributed by atoms with Crippen LogP contribution in [0.5, 0.6) is 0 Å². The second-order valence-corrected chi connectivity index (χ2v) is 4.18. The van der Waals surface area contributed by atoms with Crippen LogP contribution in [-0.2, 0) is 4.79 Å². The molecule has 0 atom stereocenters. The van der Waals surface area contributed by atoms with Crippen LogP contribution in [-0.4, -0.2) is 24.0 Å². The molecule has 0 bridgehead atoms. The van der Waals surface area contributed by atoms with E-state index in [0.29, 0.717) is 6.54 Å². The number of carbonyl (C=O) groups excluding carboxylic acids is 1. The third kappa shape index (κ3) is 4.59. The number of thiazole rings is 1. The molecule has 0 spiro atoms. The van der Waals surface area contributed by atoms with E-state index < -0.39 is 0 Å². The van der Waals surface area contributed by atoms with Crippen LogP contribution in [0.1, 0.15) is 17.6 Å². The van der Waals surface area contributed by atoms with Crippen LogP contribution in [0, 0.1) is 13.8 Å². The summed E-state index contributed by atoms with van der Waals surface area (Å²) in [5, 5.41) is 7.61. The average molecular weight is 250 g/mol. The molecular formula is C9H16ClN3OS. The molecule has 6 heteroatoms. The maximum atomic E-state index is 11.3. The lowest BCUT2D eigenvalue weighted by molar-refractivity contribution is -0.115. The molecule has 1 rings (SSSR count). The molecule has 15 heavy (non-hydrogen) atoms. The number of nitrogens with zero attached hydrogens (tertiary/aromatic N) is 1. The Kier molecular flexibility index (Phi) is 6.47. The largest absolute Gasteiger partial charge is 0.315 e. The molecule has 86 valence electrons. The fraction of sp³-hybridized carbons (Fsp3) is 0.556. The first-order valence-corrected chi connectivity index (χ1v) is 5.39. The van der Waals surface area contributed by atoms with E-state index >= 15 is 0 Å². The molecule has 1 heterocycles. The van der Waals surface area contributed by atoms with Gasteiger partial charge in [-0.05, 0) is 20.4 Å². The first kappa shape index (κ1) is 14.3. The van der Waals surface area contributed by atoms with Crippen molar-refractivity contribution in [2.75, 3.05) is 18.4 Å². The Morgan fingerprint density at radius 2 is 2.13 bits per heavy atom. The van der Waals surface area contributed by atoms with Crippen LogP contribution >= 0.6 is 23.7 Å². The first-order valence-electron chi connectivity index (χ1n) is 4.58. The lowest BCUT2D eigenvalue weighted by Crippen LogP contribution is -2.27. The fourth-order valence-corrected chi connectivity index (χ4v) is 1.89. The highest BCUT2D eigenvalue weighted by Crippen LogP contribution is 2.22. The number of amides is 1. The van der Waals surface area contributed by atoms with Crippen molar-refractivity contribution in [3.8, 4) is 0 Å². The van der Waals surface area contributed by atoms with Gasteiger partial charge in [0.2, 0.25) is 5.91 Å². The molecule has 0 aliphatic heterocycles. The van der Waals surface area contributed by atoms with E-state index in [1.807, 2.05) is 20.8 Å². The van der Waals surface area contributed by atoms with Gasteiger partial charge in [0.15, 0.2) is 0 Å². The molecule has 0 aliphatic carbocycles. The van der Waals surface area contributed by atoms with E-state index in [9.17, 15) is 4.79 Å². The number of rotatable bonds is 4. The van der Waals surface area contributed by atoms with Crippen molar-refractivity contribution in [3.05, 3.63) is 10.7 Å². The van der Waals surface area contributed by atoms with Crippen molar-refractivity contribution in [2.45, 2.75) is 20.8 Å². The van der Waals surface area contributed by atoms with Crippen LogP contribution in [0.15, 0.2) is 0 Å². The van der Waals surface area contributed by atoms with Crippen LogP contribution in [0.3, 0.4) is 0 Å². The van der Waals surface area contributed by atoms with E-state index in [1.54, 1.807) is 0 Å². The molecule has 0 saturated carbocycles. The number of nitrogens with one attached hydrogen (secondary N) is 2. The van der Waals surface area contributed by atoms with E-state index in [0.717, 1.165) is 22.2 Å². The van der Waals surface area contributed by atoms with E-state index in [-0.39, 0.29) is 18.3 Å². The molecule has 0 fully saturated rings. The third-order valence-electron chi connectivity index (χ3n) is 1.69. The molecule has 1 aromatic rings. The van der Waals surface area contributed by atoms with Crippen molar-refractivity contribution in [2.24, 2.45) is 0 Å². The second kappa shape index (κ2) is 6.76. The molecule has 0 saturated heterocycles. The number of hydrogen-bond acceptors (Lipinski definition) is 4. The Morgan fingerprint density at radius 1 is 1.47 bits per heavy atom. The summed E-state index contributed by atoms with van der Waals surface area (Å²) in [6, 6.07) is 0. The maximum Gasteiger partial charge on any atom is 0.238 e. The number of likely N-dealkylation sites (N-methyl/N-ethyl adjacent to an activating group) is 1. The summed E-state index contributed by atoms with van der Waals surface area (Å²) >= 11 is 1.51. The van der Waals surface area contributed by atoms with Gasteiger partial charge in [0, 0.05) is 0 Å². The maximum absolute atomic E-state index is 11.3. The highest BCUT2D eigenvalue weighted by molar-refractivity contribution is 7.16. The van der Waals surface area contributed by atoms with Crippen molar-refractivity contribution in [1.29, 1.82) is 0 Å². The summed E-state index contributed by atoms with van der Waals surface area (Å²) in [6.45, 7) is 6.94. The van der Waals surface area contributed by atoms with Gasteiger partial charge in [0.25, 0.3) is 0 Å². The normalized spacial score (nSPS) is 9.53. The molecule has 1 aromatic heterocycles. The highest BCUT2D eigenvalue weighted by atomic mass is 35.5. The Bertz CT molecular complexity index is 327. The predicted molar refractivity (Wildman–Crippen MR) is 66.0 cm³/mol. The minimum atomic E-state index is -0.0152. The van der Waals surface area contributed by atoms with E-state index in [2.05, 4.69) is 15.6 Å². The van der Waals surface area contributed by atoms with E-state index in [1.165, 1.54) is 11.3 Å². The van der Waals surface area contributed by atoms with Crippen molar-refractivity contribution in [1.82, 2.24) is 10.3 Å². The number of halogens is 1. The van der Waals surface area contributed by atoms with Crippen LogP contribution in [0.4, 0.5) is 5.00 Å². The summed E-state index contributed by atoms with van der Waals surface area (Å²) in [4.78, 5) is 15.6. The number of carbonyl (C=O) groups is 1. The number of hydrogen-bond donors (Lipinski definition) is 2. The Labute approximate surface area is 99.9 Å². The fourth-order valence-electron chi connectivity index (χ4n) is 1.06. The number of aryl methyl sites for hydroxylation is 2. The molecule has 0 aromatic carbocycles. The molecule has 1 amide bonds. The summed E-state index contributed by atoms with van der Waals surface area (Å²) in [6.07, 6.45) is 0. The standard InChI is InChI=1S/C9H15N3OS.ClH/c1-4-10-5-8(13)12-9-6(2)11-7(3)14-9;/h10H,4-5H2,1-3H3,(H,12,13);1H.